The summed E-state index contributed by atoms with van der Waals surface area (Å²) in [5.41, 5.74) is 2.55. The summed E-state index contributed by atoms with van der Waals surface area (Å²) in [6, 6.07) is 9.20. The fourth-order valence-corrected chi connectivity index (χ4v) is 5.97. The van der Waals surface area contributed by atoms with E-state index in [0.29, 0.717) is 6.04 Å². The minimum absolute atomic E-state index is 0.669. The molecule has 104 valence electrons. The zero-order chi connectivity index (χ0) is 13.3. The van der Waals surface area contributed by atoms with Crippen LogP contribution in [-0.4, -0.2) is 16.8 Å². The van der Waals surface area contributed by atoms with E-state index in [1.807, 2.05) is 0 Å². The Bertz CT molecular complexity index is 549. The zero-order valence-corrected chi connectivity index (χ0v) is 11.9. The van der Waals surface area contributed by atoms with Crippen LogP contribution >= 0.6 is 0 Å². The fraction of sp³-hybridized carbons (Fsp3) is 0.611. The Hall–Kier alpha value is -1.31. The smallest absolute Gasteiger partial charge is 0.128 e. The summed E-state index contributed by atoms with van der Waals surface area (Å²) in [7, 11) is 0. The number of hydrogen-bond donors (Lipinski definition) is 1. The van der Waals surface area contributed by atoms with Crippen molar-refractivity contribution < 1.29 is 0 Å². The average Bonchev–Trinajstić information content (AvgIpc) is 2.76. The van der Waals surface area contributed by atoms with Crippen LogP contribution in [0.2, 0.25) is 0 Å². The maximum absolute atomic E-state index is 8.59. The van der Waals surface area contributed by atoms with E-state index in [0.717, 1.165) is 36.1 Å². The van der Waals surface area contributed by atoms with Gasteiger partial charge in [-0.2, -0.15) is 0 Å². The predicted molar refractivity (Wildman–Crippen MR) is 79.6 cm³/mol. The van der Waals surface area contributed by atoms with Gasteiger partial charge in [0.15, 0.2) is 0 Å². The fourth-order valence-electron chi connectivity index (χ4n) is 5.97. The molecule has 1 aliphatic heterocycles. The summed E-state index contributed by atoms with van der Waals surface area (Å²) in [4.78, 5) is 2.46. The topological polar surface area (TPSA) is 27.1 Å². The standard InChI is InChI=1S/C18H22N2/c19-18-16-4-2-1-3-13(16)10-20(18)17-14-6-11-5-12(8-14)9-15(17)7-11/h1-4,11-12,14-15,17,19H,5-10H2. The summed E-state index contributed by atoms with van der Waals surface area (Å²) < 4.78 is 0. The summed E-state index contributed by atoms with van der Waals surface area (Å²) in [5, 5.41) is 8.59. The monoisotopic (exact) mass is 266 g/mol. The lowest BCUT2D eigenvalue weighted by atomic mass is 9.54. The molecule has 0 amide bonds. The Morgan fingerprint density at radius 3 is 2.20 bits per heavy atom. The van der Waals surface area contributed by atoms with Crippen LogP contribution < -0.4 is 0 Å². The molecule has 1 aromatic rings. The highest BCUT2D eigenvalue weighted by Gasteiger charge is 2.51. The third-order valence-electron chi connectivity index (χ3n) is 6.44. The van der Waals surface area contributed by atoms with E-state index in [1.165, 1.54) is 43.2 Å². The summed E-state index contributed by atoms with van der Waals surface area (Å²) in [5.74, 6) is 4.60. The van der Waals surface area contributed by atoms with Crippen molar-refractivity contribution >= 4 is 5.84 Å². The van der Waals surface area contributed by atoms with Gasteiger partial charge in [-0.05, 0) is 61.3 Å². The van der Waals surface area contributed by atoms with Crippen molar-refractivity contribution in [1.29, 1.82) is 5.41 Å². The number of hydrogen-bond acceptors (Lipinski definition) is 1. The SMILES string of the molecule is N=C1c2ccccc2CN1C1C2CC3CC(C2)CC1C3. The molecule has 1 N–H and O–H groups in total. The maximum Gasteiger partial charge on any atom is 0.128 e. The molecule has 1 heterocycles. The number of benzene rings is 1. The van der Waals surface area contributed by atoms with Gasteiger partial charge in [-0.1, -0.05) is 24.3 Å². The molecule has 0 radical (unpaired) electrons. The van der Waals surface area contributed by atoms with Crippen molar-refractivity contribution in [2.45, 2.75) is 44.7 Å². The van der Waals surface area contributed by atoms with E-state index < -0.39 is 0 Å². The molecule has 4 saturated carbocycles. The molecule has 1 aromatic carbocycles. The van der Waals surface area contributed by atoms with Crippen molar-refractivity contribution in [2.24, 2.45) is 23.7 Å². The van der Waals surface area contributed by atoms with Crippen LogP contribution in [0.3, 0.4) is 0 Å². The molecule has 4 aliphatic carbocycles. The predicted octanol–water partition coefficient (Wildman–Crippen LogP) is 3.65. The Morgan fingerprint density at radius 2 is 1.55 bits per heavy atom. The normalized spacial score (nSPS) is 41.3. The van der Waals surface area contributed by atoms with Crippen LogP contribution in [0, 0.1) is 29.1 Å². The Kier molecular flexibility index (Phi) is 2.20. The van der Waals surface area contributed by atoms with Crippen LogP contribution in [-0.2, 0) is 6.54 Å². The molecule has 20 heavy (non-hydrogen) atoms. The summed E-state index contributed by atoms with van der Waals surface area (Å²) in [6.07, 6.45) is 7.28. The first-order valence-electron chi connectivity index (χ1n) is 8.23. The Morgan fingerprint density at radius 1 is 0.900 bits per heavy atom. The molecule has 0 saturated heterocycles. The molecular formula is C18H22N2. The van der Waals surface area contributed by atoms with E-state index in [1.54, 1.807) is 0 Å². The van der Waals surface area contributed by atoms with Crippen LogP contribution in [0.5, 0.6) is 0 Å². The zero-order valence-electron chi connectivity index (χ0n) is 11.9. The molecule has 6 rings (SSSR count). The highest BCUT2D eigenvalue weighted by Crippen LogP contribution is 2.55. The summed E-state index contributed by atoms with van der Waals surface area (Å²) >= 11 is 0. The largest absolute Gasteiger partial charge is 0.349 e. The number of nitrogens with zero attached hydrogens (tertiary/aromatic N) is 1. The van der Waals surface area contributed by atoms with Gasteiger partial charge in [0.25, 0.3) is 0 Å². The van der Waals surface area contributed by atoms with Crippen molar-refractivity contribution in [3.63, 3.8) is 0 Å². The number of fused-ring (bicyclic) bond motifs is 1. The first-order valence-corrected chi connectivity index (χ1v) is 8.23. The van der Waals surface area contributed by atoms with Crippen molar-refractivity contribution in [2.75, 3.05) is 0 Å². The van der Waals surface area contributed by atoms with Crippen molar-refractivity contribution in [1.82, 2.24) is 4.90 Å². The first kappa shape index (κ1) is 11.4. The lowest BCUT2D eigenvalue weighted by Gasteiger charge is -2.57. The third kappa shape index (κ3) is 1.43. The van der Waals surface area contributed by atoms with E-state index in [4.69, 9.17) is 5.41 Å². The van der Waals surface area contributed by atoms with Gasteiger partial charge in [-0.25, -0.2) is 0 Å². The van der Waals surface area contributed by atoms with E-state index in [9.17, 15) is 0 Å². The van der Waals surface area contributed by atoms with Crippen LogP contribution in [0.25, 0.3) is 0 Å². The highest BCUT2D eigenvalue weighted by molar-refractivity contribution is 6.00. The van der Waals surface area contributed by atoms with Gasteiger partial charge >= 0.3 is 0 Å². The molecule has 4 fully saturated rings. The number of amidine groups is 1. The quantitative estimate of drug-likeness (QED) is 0.825. The van der Waals surface area contributed by atoms with Gasteiger partial charge in [0, 0.05) is 18.2 Å². The van der Waals surface area contributed by atoms with Gasteiger partial charge in [0.05, 0.1) is 0 Å². The van der Waals surface area contributed by atoms with E-state index in [2.05, 4.69) is 29.2 Å². The molecule has 0 aromatic heterocycles. The van der Waals surface area contributed by atoms with E-state index in [-0.39, 0.29) is 0 Å². The number of nitrogens with one attached hydrogen (secondary N) is 1. The van der Waals surface area contributed by atoms with E-state index >= 15 is 0 Å². The summed E-state index contributed by atoms with van der Waals surface area (Å²) in [6.45, 7) is 0.988. The Labute approximate surface area is 120 Å². The van der Waals surface area contributed by atoms with Crippen LogP contribution in [0.15, 0.2) is 24.3 Å². The van der Waals surface area contributed by atoms with Gasteiger partial charge in [0.2, 0.25) is 0 Å². The minimum Gasteiger partial charge on any atom is -0.349 e. The molecular weight excluding hydrogens is 244 g/mol. The van der Waals surface area contributed by atoms with Gasteiger partial charge in [-0.3, -0.25) is 5.41 Å². The number of rotatable bonds is 1. The maximum atomic E-state index is 8.59. The van der Waals surface area contributed by atoms with Crippen molar-refractivity contribution in [3.8, 4) is 0 Å². The lowest BCUT2D eigenvalue weighted by molar-refractivity contribution is -0.0451. The third-order valence-corrected chi connectivity index (χ3v) is 6.44. The molecule has 5 aliphatic rings. The van der Waals surface area contributed by atoms with Crippen LogP contribution in [0.4, 0.5) is 0 Å². The second kappa shape index (κ2) is 3.87. The van der Waals surface area contributed by atoms with Crippen LogP contribution in [0.1, 0.15) is 43.2 Å². The Balaban J connectivity index is 1.49. The minimum atomic E-state index is 0.669. The van der Waals surface area contributed by atoms with Crippen molar-refractivity contribution in [3.05, 3.63) is 35.4 Å². The lowest BCUT2D eigenvalue weighted by Crippen LogP contribution is -2.56. The van der Waals surface area contributed by atoms with Gasteiger partial charge in [0.1, 0.15) is 5.84 Å². The molecule has 0 spiro atoms. The first-order chi connectivity index (χ1) is 9.79. The average molecular weight is 266 g/mol. The molecule has 0 unspecified atom stereocenters. The molecule has 4 bridgehead atoms. The molecule has 0 atom stereocenters. The molecule has 2 heteroatoms. The molecule has 2 nitrogen and oxygen atoms in total. The second-order valence-electron chi connectivity index (χ2n) is 7.55. The highest BCUT2D eigenvalue weighted by atomic mass is 15.2. The van der Waals surface area contributed by atoms with Gasteiger partial charge in [-0.15, -0.1) is 0 Å². The van der Waals surface area contributed by atoms with Gasteiger partial charge < -0.3 is 4.90 Å². The second-order valence-corrected chi connectivity index (χ2v) is 7.55.